The van der Waals surface area contributed by atoms with Gasteiger partial charge in [-0.3, -0.25) is 4.79 Å². The van der Waals surface area contributed by atoms with Gasteiger partial charge in [-0.15, -0.1) is 0 Å². The zero-order valence-electron chi connectivity index (χ0n) is 12.6. The maximum Gasteiger partial charge on any atom is 0.255 e. The highest BCUT2D eigenvalue weighted by atomic mass is 16.3. The van der Waals surface area contributed by atoms with Crippen LogP contribution in [0, 0.1) is 19.3 Å². The third kappa shape index (κ3) is 3.90. The van der Waals surface area contributed by atoms with Gasteiger partial charge in [0.2, 0.25) is 0 Å². The number of carbonyl (C=O) groups is 1. The van der Waals surface area contributed by atoms with Crippen LogP contribution < -0.4 is 5.32 Å². The summed E-state index contributed by atoms with van der Waals surface area (Å²) in [5, 5.41) is 3.10. The molecular formula is C15H25NO2. The molecule has 102 valence electrons. The van der Waals surface area contributed by atoms with E-state index in [9.17, 15) is 4.79 Å². The van der Waals surface area contributed by atoms with Gasteiger partial charge in [-0.1, -0.05) is 20.8 Å². The van der Waals surface area contributed by atoms with E-state index in [-0.39, 0.29) is 16.9 Å². The molecule has 0 unspecified atom stereocenters. The van der Waals surface area contributed by atoms with Gasteiger partial charge in [-0.05, 0) is 39.5 Å². The molecule has 0 aromatic carbocycles. The fraction of sp³-hybridized carbons (Fsp3) is 0.667. The summed E-state index contributed by atoms with van der Waals surface area (Å²) in [5.41, 5.74) is 1.50. The van der Waals surface area contributed by atoms with Crippen LogP contribution in [0.25, 0.3) is 0 Å². The van der Waals surface area contributed by atoms with Crippen LogP contribution in [0.3, 0.4) is 0 Å². The molecule has 1 N–H and O–H groups in total. The first kappa shape index (κ1) is 14.8. The Bertz CT molecular complexity index is 416. The van der Waals surface area contributed by atoms with E-state index in [0.717, 1.165) is 12.0 Å². The summed E-state index contributed by atoms with van der Waals surface area (Å²) < 4.78 is 5.27. The van der Waals surface area contributed by atoms with Gasteiger partial charge >= 0.3 is 0 Å². The van der Waals surface area contributed by atoms with Crippen molar-refractivity contribution in [2.24, 2.45) is 5.41 Å². The highest BCUT2D eigenvalue weighted by molar-refractivity contribution is 5.96. The van der Waals surface area contributed by atoms with Gasteiger partial charge in [0.05, 0.1) is 11.8 Å². The Morgan fingerprint density at radius 3 is 2.17 bits per heavy atom. The zero-order valence-corrected chi connectivity index (χ0v) is 12.6. The van der Waals surface area contributed by atoms with E-state index < -0.39 is 0 Å². The third-order valence-corrected chi connectivity index (χ3v) is 2.81. The molecule has 0 aliphatic carbocycles. The maximum absolute atomic E-state index is 12.3. The molecule has 1 aromatic rings. The first-order valence-electron chi connectivity index (χ1n) is 6.39. The molecule has 0 saturated carbocycles. The second-order valence-electron chi connectivity index (χ2n) is 6.93. The smallest absolute Gasteiger partial charge is 0.255 e. The highest BCUT2D eigenvalue weighted by Gasteiger charge is 2.28. The van der Waals surface area contributed by atoms with Gasteiger partial charge in [-0.25, -0.2) is 0 Å². The van der Waals surface area contributed by atoms with E-state index in [1.165, 1.54) is 0 Å². The topological polar surface area (TPSA) is 42.2 Å². The van der Waals surface area contributed by atoms with Gasteiger partial charge in [0.1, 0.15) is 5.76 Å². The van der Waals surface area contributed by atoms with Crippen LogP contribution >= 0.6 is 0 Å². The molecule has 0 spiro atoms. The summed E-state index contributed by atoms with van der Waals surface area (Å²) >= 11 is 0. The lowest BCUT2D eigenvalue weighted by Crippen LogP contribution is -2.46. The average Bonchev–Trinajstić information content (AvgIpc) is 2.40. The summed E-state index contributed by atoms with van der Waals surface area (Å²) in [7, 11) is 0. The van der Waals surface area contributed by atoms with Crippen molar-refractivity contribution in [1.82, 2.24) is 5.32 Å². The zero-order chi connectivity index (χ0) is 14.1. The summed E-state index contributed by atoms with van der Waals surface area (Å²) in [6.07, 6.45) is 2.54. The van der Waals surface area contributed by atoms with Crippen molar-refractivity contribution in [3.8, 4) is 0 Å². The van der Waals surface area contributed by atoms with Crippen LogP contribution in [-0.2, 0) is 0 Å². The number of aryl methyl sites for hydroxylation is 2. The minimum absolute atomic E-state index is 0.0481. The minimum Gasteiger partial charge on any atom is -0.469 e. The maximum atomic E-state index is 12.3. The minimum atomic E-state index is -0.231. The number of carbonyl (C=O) groups excluding carboxylic acids is 1. The summed E-state index contributed by atoms with van der Waals surface area (Å²) in [4.78, 5) is 12.3. The number of rotatable bonds is 3. The van der Waals surface area contributed by atoms with Crippen molar-refractivity contribution in [3.05, 3.63) is 23.2 Å². The molecule has 0 saturated heterocycles. The first-order chi connectivity index (χ1) is 8.02. The van der Waals surface area contributed by atoms with Crippen LogP contribution in [0.2, 0.25) is 0 Å². The van der Waals surface area contributed by atoms with Crippen molar-refractivity contribution < 1.29 is 9.21 Å². The molecule has 3 heteroatoms. The number of hydrogen-bond donors (Lipinski definition) is 1. The highest BCUT2D eigenvalue weighted by Crippen LogP contribution is 2.27. The standard InChI is InChI=1S/C15H25NO2/c1-10-8-18-11(2)12(10)13(17)16-15(6,7)9-14(3,4)5/h8H,9H2,1-7H3,(H,16,17). The molecule has 0 aliphatic heterocycles. The number of hydrogen-bond acceptors (Lipinski definition) is 2. The Morgan fingerprint density at radius 2 is 1.78 bits per heavy atom. The van der Waals surface area contributed by atoms with E-state index in [2.05, 4.69) is 39.9 Å². The fourth-order valence-corrected chi connectivity index (χ4v) is 2.65. The lowest BCUT2D eigenvalue weighted by molar-refractivity contribution is 0.0889. The monoisotopic (exact) mass is 251 g/mol. The van der Waals surface area contributed by atoms with Crippen LogP contribution in [0.1, 0.15) is 62.7 Å². The van der Waals surface area contributed by atoms with Crippen molar-refractivity contribution in [2.75, 3.05) is 0 Å². The van der Waals surface area contributed by atoms with Crippen LogP contribution in [0.4, 0.5) is 0 Å². The quantitative estimate of drug-likeness (QED) is 0.886. The Labute approximate surface area is 110 Å². The Balaban J connectivity index is 2.82. The molecule has 1 aromatic heterocycles. The van der Waals surface area contributed by atoms with Gasteiger partial charge < -0.3 is 9.73 Å². The van der Waals surface area contributed by atoms with Crippen LogP contribution in [0.15, 0.2) is 10.7 Å². The van der Waals surface area contributed by atoms with E-state index in [1.807, 2.05) is 13.8 Å². The van der Waals surface area contributed by atoms with Crippen LogP contribution in [0.5, 0.6) is 0 Å². The third-order valence-electron chi connectivity index (χ3n) is 2.81. The van der Waals surface area contributed by atoms with Crippen molar-refractivity contribution >= 4 is 5.91 Å². The second-order valence-corrected chi connectivity index (χ2v) is 6.93. The molecule has 0 fully saturated rings. The van der Waals surface area contributed by atoms with E-state index in [4.69, 9.17) is 4.42 Å². The number of nitrogens with one attached hydrogen (secondary N) is 1. The summed E-state index contributed by atoms with van der Waals surface area (Å²) in [5.74, 6) is 0.629. The summed E-state index contributed by atoms with van der Waals surface area (Å²) in [6.45, 7) is 14.3. The molecular weight excluding hydrogens is 226 g/mol. The van der Waals surface area contributed by atoms with E-state index in [0.29, 0.717) is 11.3 Å². The molecule has 0 radical (unpaired) electrons. The number of furan rings is 1. The normalized spacial score (nSPS) is 12.6. The van der Waals surface area contributed by atoms with Gasteiger partial charge in [0, 0.05) is 11.1 Å². The predicted octanol–water partition coefficient (Wildman–Crippen LogP) is 3.84. The van der Waals surface area contributed by atoms with Gasteiger partial charge in [-0.2, -0.15) is 0 Å². The Kier molecular flexibility index (Phi) is 3.94. The van der Waals surface area contributed by atoms with Gasteiger partial charge in [0.15, 0.2) is 0 Å². The fourth-order valence-electron chi connectivity index (χ4n) is 2.65. The van der Waals surface area contributed by atoms with Crippen molar-refractivity contribution in [3.63, 3.8) is 0 Å². The second kappa shape index (κ2) is 4.79. The van der Waals surface area contributed by atoms with E-state index in [1.54, 1.807) is 6.26 Å². The molecule has 1 rings (SSSR count). The van der Waals surface area contributed by atoms with Crippen molar-refractivity contribution in [2.45, 2.75) is 60.4 Å². The lowest BCUT2D eigenvalue weighted by Gasteiger charge is -2.33. The molecule has 0 bridgehead atoms. The molecule has 3 nitrogen and oxygen atoms in total. The van der Waals surface area contributed by atoms with Crippen LogP contribution in [-0.4, -0.2) is 11.4 Å². The molecule has 1 heterocycles. The Hall–Kier alpha value is -1.25. The largest absolute Gasteiger partial charge is 0.469 e. The summed E-state index contributed by atoms with van der Waals surface area (Å²) in [6, 6.07) is 0. The van der Waals surface area contributed by atoms with E-state index >= 15 is 0 Å². The molecule has 1 amide bonds. The molecule has 18 heavy (non-hydrogen) atoms. The average molecular weight is 251 g/mol. The van der Waals surface area contributed by atoms with Crippen molar-refractivity contribution in [1.29, 1.82) is 0 Å². The molecule has 0 aliphatic rings. The predicted molar refractivity (Wildman–Crippen MR) is 73.8 cm³/mol. The first-order valence-corrected chi connectivity index (χ1v) is 6.39. The molecule has 0 atom stereocenters. The lowest BCUT2D eigenvalue weighted by atomic mass is 9.81. The van der Waals surface area contributed by atoms with Gasteiger partial charge in [0.25, 0.3) is 5.91 Å². The Morgan fingerprint density at radius 1 is 1.22 bits per heavy atom. The SMILES string of the molecule is Cc1coc(C)c1C(=O)NC(C)(C)CC(C)(C)C. The number of amides is 1.